The first-order chi connectivity index (χ1) is 9.90. The Balaban J connectivity index is 2.50. The van der Waals surface area contributed by atoms with E-state index in [0.717, 1.165) is 25.7 Å². The summed E-state index contributed by atoms with van der Waals surface area (Å²) in [4.78, 5) is 1.84. The standard InChI is InChI=1S/C16H31F3N2/c1-21(13-12-16(17,18)19)15-11-9-7-5-3-2-4-6-8-10-14(15)20/h14-15H,2-13,20H2,1H3. The summed E-state index contributed by atoms with van der Waals surface area (Å²) in [6, 6.07) is 0.0921. The van der Waals surface area contributed by atoms with E-state index in [1.807, 2.05) is 4.90 Å². The van der Waals surface area contributed by atoms with Crippen molar-refractivity contribution in [2.75, 3.05) is 13.6 Å². The number of nitrogens with two attached hydrogens (primary N) is 1. The lowest BCUT2D eigenvalue weighted by atomic mass is 9.93. The van der Waals surface area contributed by atoms with Crippen molar-refractivity contribution in [3.8, 4) is 0 Å². The number of alkyl halides is 3. The summed E-state index contributed by atoms with van der Waals surface area (Å²) in [6.07, 6.45) is 6.70. The van der Waals surface area contributed by atoms with Crippen molar-refractivity contribution in [2.24, 2.45) is 5.73 Å². The molecule has 0 saturated heterocycles. The first kappa shape index (κ1) is 18.8. The van der Waals surface area contributed by atoms with Crippen molar-refractivity contribution in [3.05, 3.63) is 0 Å². The SMILES string of the molecule is CN(CCC(F)(F)F)C1CCCCCCCCCCC1N. The van der Waals surface area contributed by atoms with Gasteiger partial charge in [0.05, 0.1) is 6.42 Å². The maximum Gasteiger partial charge on any atom is 0.390 e. The van der Waals surface area contributed by atoms with Gasteiger partial charge in [0.15, 0.2) is 0 Å². The van der Waals surface area contributed by atoms with Crippen LogP contribution < -0.4 is 5.73 Å². The van der Waals surface area contributed by atoms with E-state index in [1.165, 1.54) is 38.5 Å². The molecule has 1 rings (SSSR count). The normalized spacial score (nSPS) is 27.1. The third-order valence-corrected chi connectivity index (χ3v) is 4.60. The van der Waals surface area contributed by atoms with Crippen LogP contribution >= 0.6 is 0 Å². The summed E-state index contributed by atoms with van der Waals surface area (Å²) in [5.74, 6) is 0. The van der Waals surface area contributed by atoms with Crippen LogP contribution in [0.25, 0.3) is 0 Å². The van der Waals surface area contributed by atoms with Gasteiger partial charge in [0.1, 0.15) is 0 Å². The van der Waals surface area contributed by atoms with Gasteiger partial charge in [0, 0.05) is 18.6 Å². The predicted molar refractivity (Wildman–Crippen MR) is 81.2 cm³/mol. The second-order valence-corrected chi connectivity index (χ2v) is 6.48. The van der Waals surface area contributed by atoms with Crippen LogP contribution in [-0.4, -0.2) is 36.8 Å². The molecule has 0 aliphatic heterocycles. The smallest absolute Gasteiger partial charge is 0.326 e. The molecule has 0 radical (unpaired) electrons. The van der Waals surface area contributed by atoms with Crippen LogP contribution in [0.1, 0.15) is 70.6 Å². The molecule has 1 fully saturated rings. The van der Waals surface area contributed by atoms with E-state index in [9.17, 15) is 13.2 Å². The lowest BCUT2D eigenvalue weighted by Crippen LogP contribution is -2.47. The zero-order valence-electron chi connectivity index (χ0n) is 13.3. The van der Waals surface area contributed by atoms with Gasteiger partial charge in [0.25, 0.3) is 0 Å². The Morgan fingerprint density at radius 2 is 1.38 bits per heavy atom. The zero-order valence-corrected chi connectivity index (χ0v) is 13.3. The molecule has 0 aromatic heterocycles. The third-order valence-electron chi connectivity index (χ3n) is 4.60. The molecular formula is C16H31F3N2. The van der Waals surface area contributed by atoms with E-state index >= 15 is 0 Å². The van der Waals surface area contributed by atoms with Crippen molar-refractivity contribution in [3.63, 3.8) is 0 Å². The van der Waals surface area contributed by atoms with Crippen molar-refractivity contribution in [1.29, 1.82) is 0 Å². The van der Waals surface area contributed by atoms with Gasteiger partial charge in [0.2, 0.25) is 0 Å². The summed E-state index contributed by atoms with van der Waals surface area (Å²) in [5, 5.41) is 0. The molecule has 0 heterocycles. The van der Waals surface area contributed by atoms with Crippen LogP contribution in [0.15, 0.2) is 0 Å². The summed E-state index contributed by atoms with van der Waals surface area (Å²) in [6.45, 7) is 0.0574. The molecular weight excluding hydrogens is 277 g/mol. The molecule has 2 N–H and O–H groups in total. The fourth-order valence-electron chi connectivity index (χ4n) is 3.22. The van der Waals surface area contributed by atoms with Crippen LogP contribution in [0, 0.1) is 0 Å². The molecule has 0 bridgehead atoms. The highest BCUT2D eigenvalue weighted by Gasteiger charge is 2.29. The van der Waals surface area contributed by atoms with Crippen LogP contribution in [0.4, 0.5) is 13.2 Å². The largest absolute Gasteiger partial charge is 0.390 e. The number of rotatable bonds is 3. The summed E-state index contributed by atoms with van der Waals surface area (Å²) >= 11 is 0. The average Bonchev–Trinajstić information content (AvgIpc) is 2.39. The molecule has 1 saturated carbocycles. The summed E-state index contributed by atoms with van der Waals surface area (Å²) in [5.41, 5.74) is 6.28. The van der Waals surface area contributed by atoms with Crippen molar-refractivity contribution < 1.29 is 13.2 Å². The van der Waals surface area contributed by atoms with Gasteiger partial charge in [-0.2, -0.15) is 13.2 Å². The number of hydrogen-bond acceptors (Lipinski definition) is 2. The van der Waals surface area contributed by atoms with E-state index in [0.29, 0.717) is 0 Å². The maximum absolute atomic E-state index is 12.4. The minimum atomic E-state index is -4.08. The Bertz CT molecular complexity index is 269. The molecule has 2 atom stereocenters. The van der Waals surface area contributed by atoms with Gasteiger partial charge in [-0.1, -0.05) is 51.4 Å². The van der Waals surface area contributed by atoms with E-state index < -0.39 is 12.6 Å². The van der Waals surface area contributed by atoms with Crippen molar-refractivity contribution in [1.82, 2.24) is 4.90 Å². The quantitative estimate of drug-likeness (QED) is 0.833. The highest BCUT2D eigenvalue weighted by Crippen LogP contribution is 2.23. The van der Waals surface area contributed by atoms with E-state index in [-0.39, 0.29) is 18.6 Å². The summed E-state index contributed by atoms with van der Waals surface area (Å²) in [7, 11) is 1.79. The van der Waals surface area contributed by atoms with E-state index in [1.54, 1.807) is 7.05 Å². The highest BCUT2D eigenvalue weighted by atomic mass is 19.4. The second kappa shape index (κ2) is 9.67. The molecule has 0 spiro atoms. The van der Waals surface area contributed by atoms with Gasteiger partial charge in [-0.15, -0.1) is 0 Å². The van der Waals surface area contributed by atoms with Gasteiger partial charge in [-0.05, 0) is 19.9 Å². The van der Waals surface area contributed by atoms with Crippen LogP contribution in [-0.2, 0) is 0 Å². The minimum absolute atomic E-state index is 0.00246. The fourth-order valence-corrected chi connectivity index (χ4v) is 3.22. The van der Waals surface area contributed by atoms with Gasteiger partial charge in [-0.25, -0.2) is 0 Å². The average molecular weight is 308 g/mol. The monoisotopic (exact) mass is 308 g/mol. The van der Waals surface area contributed by atoms with Crippen LogP contribution in [0.2, 0.25) is 0 Å². The first-order valence-corrected chi connectivity index (χ1v) is 8.43. The number of hydrogen-bond donors (Lipinski definition) is 1. The molecule has 0 aromatic carbocycles. The second-order valence-electron chi connectivity index (χ2n) is 6.48. The van der Waals surface area contributed by atoms with Crippen molar-refractivity contribution in [2.45, 2.75) is 88.9 Å². The molecule has 2 nitrogen and oxygen atoms in total. The maximum atomic E-state index is 12.4. The van der Waals surface area contributed by atoms with Gasteiger partial charge >= 0.3 is 6.18 Å². The molecule has 2 unspecified atom stereocenters. The Labute approximate surface area is 127 Å². The number of halogens is 3. The number of likely N-dealkylation sites (N-methyl/N-ethyl adjacent to an activating group) is 1. The lowest BCUT2D eigenvalue weighted by molar-refractivity contribution is -0.138. The molecule has 0 aromatic rings. The zero-order chi connectivity index (χ0) is 15.7. The highest BCUT2D eigenvalue weighted by molar-refractivity contribution is 4.81. The molecule has 21 heavy (non-hydrogen) atoms. The van der Waals surface area contributed by atoms with Crippen LogP contribution in [0.3, 0.4) is 0 Å². The predicted octanol–water partition coefficient (Wildman–Crippen LogP) is 4.48. The number of nitrogens with zero attached hydrogens (tertiary/aromatic N) is 1. The van der Waals surface area contributed by atoms with E-state index in [2.05, 4.69) is 0 Å². The Morgan fingerprint density at radius 1 is 0.905 bits per heavy atom. The Hall–Kier alpha value is -0.290. The molecule has 126 valence electrons. The minimum Gasteiger partial charge on any atom is -0.326 e. The molecule has 1 aliphatic carbocycles. The summed E-state index contributed by atoms with van der Waals surface area (Å²) < 4.78 is 37.2. The molecule has 5 heteroatoms. The first-order valence-electron chi connectivity index (χ1n) is 8.43. The fraction of sp³-hybridized carbons (Fsp3) is 1.00. The lowest BCUT2D eigenvalue weighted by Gasteiger charge is -2.33. The van der Waals surface area contributed by atoms with Crippen molar-refractivity contribution >= 4 is 0 Å². The Kier molecular flexibility index (Phi) is 8.64. The Morgan fingerprint density at radius 3 is 1.90 bits per heavy atom. The topological polar surface area (TPSA) is 29.3 Å². The van der Waals surface area contributed by atoms with Crippen LogP contribution in [0.5, 0.6) is 0 Å². The third kappa shape index (κ3) is 8.67. The molecule has 1 aliphatic rings. The van der Waals surface area contributed by atoms with Gasteiger partial charge in [-0.3, -0.25) is 0 Å². The van der Waals surface area contributed by atoms with Gasteiger partial charge < -0.3 is 10.6 Å². The van der Waals surface area contributed by atoms with E-state index in [4.69, 9.17) is 5.73 Å². The molecule has 0 amide bonds.